The van der Waals surface area contributed by atoms with E-state index in [0.29, 0.717) is 23.4 Å². The number of imidazole rings is 1. The molecule has 0 aliphatic heterocycles. The summed E-state index contributed by atoms with van der Waals surface area (Å²) in [5, 5.41) is 3.61. The Morgan fingerprint density at radius 1 is 1.33 bits per heavy atom. The number of anilines is 1. The third-order valence-electron chi connectivity index (χ3n) is 3.10. The topological polar surface area (TPSA) is 109 Å². The van der Waals surface area contributed by atoms with Crippen molar-refractivity contribution in [3.05, 3.63) is 54.1 Å². The fourth-order valence-corrected chi connectivity index (χ4v) is 2.09. The first kappa shape index (κ1) is 13.1. The van der Waals surface area contributed by atoms with Gasteiger partial charge in [-0.15, -0.1) is 0 Å². The number of nitrogens with two attached hydrogens (primary N) is 1. The van der Waals surface area contributed by atoms with Gasteiger partial charge in [0.15, 0.2) is 0 Å². The van der Waals surface area contributed by atoms with Crippen LogP contribution in [0.3, 0.4) is 0 Å². The summed E-state index contributed by atoms with van der Waals surface area (Å²) in [7, 11) is 0. The molecule has 0 aliphatic rings. The summed E-state index contributed by atoms with van der Waals surface area (Å²) in [6.45, 7) is 0.376. The lowest BCUT2D eigenvalue weighted by Gasteiger charge is -2.09. The second-order valence-electron chi connectivity index (χ2n) is 4.48. The zero-order valence-electron chi connectivity index (χ0n) is 11.1. The zero-order chi connectivity index (χ0) is 14.7. The number of aromatic nitrogens is 3. The molecule has 0 fully saturated rings. The Balaban J connectivity index is 1.92. The van der Waals surface area contributed by atoms with Crippen molar-refractivity contribution in [1.82, 2.24) is 20.3 Å². The normalized spacial score (nSPS) is 10.5. The van der Waals surface area contributed by atoms with Gasteiger partial charge in [-0.3, -0.25) is 4.79 Å². The number of para-hydroxylation sites is 1. The van der Waals surface area contributed by atoms with Crippen LogP contribution in [0.15, 0.2) is 42.9 Å². The highest BCUT2D eigenvalue weighted by Gasteiger charge is 2.12. The van der Waals surface area contributed by atoms with Gasteiger partial charge < -0.3 is 15.7 Å². The number of nitrogens with zero attached hydrogens (tertiary/aromatic N) is 2. The van der Waals surface area contributed by atoms with E-state index in [-0.39, 0.29) is 5.91 Å². The van der Waals surface area contributed by atoms with Crippen molar-refractivity contribution in [3.63, 3.8) is 0 Å². The SMILES string of the molecule is NNc1cc(C(=O)NCc2cnc[nH]2)c2ccccc2n1. The number of hydrazine groups is 1. The van der Waals surface area contributed by atoms with Gasteiger partial charge >= 0.3 is 0 Å². The van der Waals surface area contributed by atoms with E-state index in [4.69, 9.17) is 5.84 Å². The van der Waals surface area contributed by atoms with E-state index in [0.717, 1.165) is 11.1 Å². The maximum atomic E-state index is 12.4. The summed E-state index contributed by atoms with van der Waals surface area (Å²) in [4.78, 5) is 23.5. The predicted octanol–water partition coefficient (Wildman–Crippen LogP) is 1.17. The average Bonchev–Trinajstić information content (AvgIpc) is 3.05. The number of nitrogen functional groups attached to an aromatic ring is 1. The van der Waals surface area contributed by atoms with Crippen LogP contribution in [0.2, 0.25) is 0 Å². The average molecular weight is 282 g/mol. The number of carbonyl (C=O) groups is 1. The Bertz CT molecular complexity index is 768. The Morgan fingerprint density at radius 2 is 2.19 bits per heavy atom. The molecule has 1 aromatic carbocycles. The summed E-state index contributed by atoms with van der Waals surface area (Å²) in [6.07, 6.45) is 3.23. The van der Waals surface area contributed by atoms with E-state index in [9.17, 15) is 4.79 Å². The van der Waals surface area contributed by atoms with Crippen LogP contribution in [0.4, 0.5) is 5.82 Å². The summed E-state index contributed by atoms with van der Waals surface area (Å²) in [5.74, 6) is 5.65. The highest BCUT2D eigenvalue weighted by molar-refractivity contribution is 6.06. The van der Waals surface area contributed by atoms with Crippen LogP contribution < -0.4 is 16.6 Å². The summed E-state index contributed by atoms with van der Waals surface area (Å²) in [6, 6.07) is 9.05. The van der Waals surface area contributed by atoms with Crippen molar-refractivity contribution in [2.24, 2.45) is 5.84 Å². The minimum Gasteiger partial charge on any atom is -0.347 e. The fourth-order valence-electron chi connectivity index (χ4n) is 2.09. The number of pyridine rings is 1. The predicted molar refractivity (Wildman–Crippen MR) is 79.3 cm³/mol. The van der Waals surface area contributed by atoms with Crippen LogP contribution >= 0.6 is 0 Å². The van der Waals surface area contributed by atoms with Crippen molar-refractivity contribution >= 4 is 22.6 Å². The number of nitrogens with one attached hydrogen (secondary N) is 3. The van der Waals surface area contributed by atoms with Crippen LogP contribution in [0.25, 0.3) is 10.9 Å². The molecule has 0 bridgehead atoms. The van der Waals surface area contributed by atoms with Gasteiger partial charge in [0.25, 0.3) is 5.91 Å². The molecule has 0 spiro atoms. The molecule has 0 unspecified atom stereocenters. The van der Waals surface area contributed by atoms with Crippen molar-refractivity contribution in [2.75, 3.05) is 5.43 Å². The first-order valence-corrected chi connectivity index (χ1v) is 6.40. The van der Waals surface area contributed by atoms with Crippen LogP contribution in [0.5, 0.6) is 0 Å². The molecule has 7 nitrogen and oxygen atoms in total. The third kappa shape index (κ3) is 2.67. The highest BCUT2D eigenvalue weighted by Crippen LogP contribution is 2.20. The first-order chi connectivity index (χ1) is 10.3. The Hall–Kier alpha value is -2.93. The minimum absolute atomic E-state index is 0.195. The lowest BCUT2D eigenvalue weighted by Crippen LogP contribution is -2.23. The number of aromatic amines is 1. The van der Waals surface area contributed by atoms with Gasteiger partial charge in [0.05, 0.1) is 29.6 Å². The second kappa shape index (κ2) is 5.59. The van der Waals surface area contributed by atoms with Gasteiger partial charge in [0.2, 0.25) is 0 Å². The van der Waals surface area contributed by atoms with Crippen LogP contribution in [-0.2, 0) is 6.54 Å². The number of fused-ring (bicyclic) bond motifs is 1. The largest absolute Gasteiger partial charge is 0.347 e. The lowest BCUT2D eigenvalue weighted by atomic mass is 10.1. The number of H-pyrrole nitrogens is 1. The van der Waals surface area contributed by atoms with Gasteiger partial charge in [-0.2, -0.15) is 0 Å². The van der Waals surface area contributed by atoms with Gasteiger partial charge in [-0.1, -0.05) is 18.2 Å². The lowest BCUT2D eigenvalue weighted by molar-refractivity contribution is 0.0952. The first-order valence-electron chi connectivity index (χ1n) is 6.40. The summed E-state index contributed by atoms with van der Waals surface area (Å²) >= 11 is 0. The van der Waals surface area contributed by atoms with Crippen LogP contribution in [-0.4, -0.2) is 20.9 Å². The number of hydrogen-bond acceptors (Lipinski definition) is 5. The van der Waals surface area contributed by atoms with Crippen LogP contribution in [0.1, 0.15) is 16.1 Å². The minimum atomic E-state index is -0.195. The maximum Gasteiger partial charge on any atom is 0.252 e. The molecular weight excluding hydrogens is 268 g/mol. The molecule has 21 heavy (non-hydrogen) atoms. The number of rotatable bonds is 4. The molecule has 0 saturated heterocycles. The van der Waals surface area contributed by atoms with Gasteiger partial charge in [-0.25, -0.2) is 15.8 Å². The Morgan fingerprint density at radius 3 is 2.95 bits per heavy atom. The molecule has 3 rings (SSSR count). The Kier molecular flexibility index (Phi) is 3.48. The Labute approximate surface area is 120 Å². The van der Waals surface area contributed by atoms with Crippen molar-refractivity contribution in [1.29, 1.82) is 0 Å². The molecule has 3 aromatic rings. The standard InChI is InChI=1S/C14H14N6O/c15-20-13-5-11(10-3-1-2-4-12(10)19-13)14(21)17-7-9-6-16-8-18-9/h1-6,8H,7,15H2,(H,16,18)(H,17,21)(H,19,20). The zero-order valence-corrected chi connectivity index (χ0v) is 11.1. The maximum absolute atomic E-state index is 12.4. The summed E-state index contributed by atoms with van der Waals surface area (Å²) < 4.78 is 0. The van der Waals surface area contributed by atoms with Gasteiger partial charge in [-0.05, 0) is 12.1 Å². The van der Waals surface area contributed by atoms with Crippen molar-refractivity contribution < 1.29 is 4.79 Å². The molecule has 0 aliphatic carbocycles. The van der Waals surface area contributed by atoms with E-state index < -0.39 is 0 Å². The van der Waals surface area contributed by atoms with Gasteiger partial charge in [0.1, 0.15) is 5.82 Å². The smallest absolute Gasteiger partial charge is 0.252 e. The van der Waals surface area contributed by atoms with Gasteiger partial charge in [0, 0.05) is 11.6 Å². The summed E-state index contributed by atoms with van der Waals surface area (Å²) in [5.41, 5.74) is 4.54. The number of amides is 1. The van der Waals surface area contributed by atoms with E-state index in [1.54, 1.807) is 18.6 Å². The fraction of sp³-hybridized carbons (Fsp3) is 0.0714. The number of carbonyl (C=O) groups excluding carboxylic acids is 1. The monoisotopic (exact) mass is 282 g/mol. The molecule has 0 saturated carbocycles. The molecule has 2 heterocycles. The second-order valence-corrected chi connectivity index (χ2v) is 4.48. The molecule has 7 heteroatoms. The highest BCUT2D eigenvalue weighted by atomic mass is 16.1. The van der Waals surface area contributed by atoms with E-state index in [1.165, 1.54) is 0 Å². The van der Waals surface area contributed by atoms with Crippen LogP contribution in [0, 0.1) is 0 Å². The molecular formula is C14H14N6O. The third-order valence-corrected chi connectivity index (χ3v) is 3.10. The van der Waals surface area contributed by atoms with E-state index >= 15 is 0 Å². The molecule has 106 valence electrons. The van der Waals surface area contributed by atoms with Crippen molar-refractivity contribution in [2.45, 2.75) is 6.54 Å². The molecule has 0 atom stereocenters. The number of benzene rings is 1. The molecule has 5 N–H and O–H groups in total. The number of hydrogen-bond donors (Lipinski definition) is 4. The van der Waals surface area contributed by atoms with E-state index in [1.807, 2.05) is 24.3 Å². The molecule has 1 amide bonds. The quantitative estimate of drug-likeness (QED) is 0.424. The molecule has 2 aromatic heterocycles. The van der Waals surface area contributed by atoms with Crippen molar-refractivity contribution in [3.8, 4) is 0 Å². The van der Waals surface area contributed by atoms with E-state index in [2.05, 4.69) is 25.7 Å². The molecule has 0 radical (unpaired) electrons.